The van der Waals surface area contributed by atoms with Crippen molar-refractivity contribution in [2.45, 2.75) is 32.2 Å². The molecule has 0 amide bonds. The summed E-state index contributed by atoms with van der Waals surface area (Å²) >= 11 is 0. The zero-order chi connectivity index (χ0) is 10.6. The van der Waals surface area contributed by atoms with Crippen LogP contribution in [-0.2, 0) is 0 Å². The number of aromatic hydroxyl groups is 2. The van der Waals surface area contributed by atoms with E-state index in [1.807, 2.05) is 0 Å². The van der Waals surface area contributed by atoms with Gasteiger partial charge < -0.3 is 15.9 Å². The molecule has 0 bridgehead atoms. The number of hydrogen-bond acceptors (Lipinski definition) is 3. The van der Waals surface area contributed by atoms with Crippen LogP contribution in [0.5, 0.6) is 11.5 Å². The summed E-state index contributed by atoms with van der Waals surface area (Å²) in [5.41, 5.74) is 6.50. The lowest BCUT2D eigenvalue weighted by molar-refractivity contribution is 0.444. The number of nitrogens with two attached hydrogens (primary N) is 1. The van der Waals surface area contributed by atoms with Crippen molar-refractivity contribution >= 4 is 12.4 Å². The van der Waals surface area contributed by atoms with Crippen molar-refractivity contribution in [1.29, 1.82) is 0 Å². The molecule has 0 saturated carbocycles. The van der Waals surface area contributed by atoms with Gasteiger partial charge in [-0.1, -0.05) is 19.8 Å². The predicted octanol–water partition coefficient (Wildman–Crippen LogP) is 2.71. The van der Waals surface area contributed by atoms with Gasteiger partial charge in [0.05, 0.1) is 0 Å². The molecule has 86 valence electrons. The Morgan fingerprint density at radius 3 is 2.60 bits per heavy atom. The third-order valence-corrected chi connectivity index (χ3v) is 2.28. The second-order valence-electron chi connectivity index (χ2n) is 3.49. The molecular formula is C11H18ClNO2. The average Bonchev–Trinajstić information content (AvgIpc) is 2.18. The van der Waals surface area contributed by atoms with Crippen LogP contribution in [0.15, 0.2) is 18.2 Å². The number of hydrogen-bond donors (Lipinski definition) is 3. The van der Waals surface area contributed by atoms with Crippen LogP contribution in [0.3, 0.4) is 0 Å². The molecule has 1 rings (SSSR count). The second-order valence-corrected chi connectivity index (χ2v) is 3.49. The first-order valence-electron chi connectivity index (χ1n) is 4.92. The first kappa shape index (κ1) is 14.1. The largest absolute Gasteiger partial charge is 0.508 e. The Balaban J connectivity index is 0.00000196. The van der Waals surface area contributed by atoms with E-state index in [-0.39, 0.29) is 29.9 Å². The summed E-state index contributed by atoms with van der Waals surface area (Å²) in [6, 6.07) is 4.25. The normalized spacial score (nSPS) is 11.9. The van der Waals surface area contributed by atoms with Gasteiger partial charge >= 0.3 is 0 Å². The van der Waals surface area contributed by atoms with E-state index in [1.165, 1.54) is 18.2 Å². The third-order valence-electron chi connectivity index (χ3n) is 2.28. The Kier molecular flexibility index (Phi) is 6.13. The molecule has 4 N–H and O–H groups in total. The van der Waals surface area contributed by atoms with E-state index in [1.54, 1.807) is 0 Å². The van der Waals surface area contributed by atoms with Gasteiger partial charge in [0, 0.05) is 11.6 Å². The lowest BCUT2D eigenvalue weighted by Gasteiger charge is -2.13. The zero-order valence-electron chi connectivity index (χ0n) is 8.81. The standard InChI is InChI=1S/C11H17NO2.ClH/c1-2-3-4-10(12)9-7-8(13)5-6-11(9)14;/h5-7,10,13-14H,2-4,12H2,1H3;1H/t10-;/m0./s1. The fourth-order valence-electron chi connectivity index (χ4n) is 1.42. The van der Waals surface area contributed by atoms with Crippen molar-refractivity contribution in [2.75, 3.05) is 0 Å². The molecule has 1 aromatic carbocycles. The third kappa shape index (κ3) is 3.98. The molecule has 0 spiro atoms. The van der Waals surface area contributed by atoms with Crippen LogP contribution in [-0.4, -0.2) is 10.2 Å². The topological polar surface area (TPSA) is 66.5 Å². The van der Waals surface area contributed by atoms with Gasteiger partial charge in [0.2, 0.25) is 0 Å². The van der Waals surface area contributed by atoms with E-state index in [0.717, 1.165) is 19.3 Å². The maximum absolute atomic E-state index is 9.51. The van der Waals surface area contributed by atoms with Gasteiger partial charge in [0.1, 0.15) is 11.5 Å². The van der Waals surface area contributed by atoms with Crippen molar-refractivity contribution in [1.82, 2.24) is 0 Å². The van der Waals surface area contributed by atoms with E-state index in [0.29, 0.717) is 5.56 Å². The second kappa shape index (κ2) is 6.53. The molecule has 0 saturated heterocycles. The summed E-state index contributed by atoms with van der Waals surface area (Å²) in [6.07, 6.45) is 2.93. The highest BCUT2D eigenvalue weighted by molar-refractivity contribution is 5.85. The fraction of sp³-hybridized carbons (Fsp3) is 0.455. The minimum Gasteiger partial charge on any atom is -0.508 e. The van der Waals surface area contributed by atoms with Gasteiger partial charge in [-0.05, 0) is 24.6 Å². The van der Waals surface area contributed by atoms with Gasteiger partial charge in [0.15, 0.2) is 0 Å². The Labute approximate surface area is 96.3 Å². The van der Waals surface area contributed by atoms with Crippen LogP contribution in [0.2, 0.25) is 0 Å². The molecule has 4 heteroatoms. The number of phenolic OH excluding ortho intramolecular Hbond substituents is 2. The zero-order valence-corrected chi connectivity index (χ0v) is 9.63. The lowest BCUT2D eigenvalue weighted by Crippen LogP contribution is -2.10. The van der Waals surface area contributed by atoms with Crippen LogP contribution >= 0.6 is 12.4 Å². The number of phenols is 2. The Morgan fingerprint density at radius 1 is 1.33 bits per heavy atom. The van der Waals surface area contributed by atoms with Crippen LogP contribution in [0.25, 0.3) is 0 Å². The summed E-state index contributed by atoms with van der Waals surface area (Å²) in [6.45, 7) is 2.09. The van der Waals surface area contributed by atoms with Crippen LogP contribution < -0.4 is 5.73 Å². The Morgan fingerprint density at radius 2 is 2.00 bits per heavy atom. The molecule has 3 nitrogen and oxygen atoms in total. The molecule has 0 aliphatic carbocycles. The molecule has 0 aliphatic rings. The molecule has 1 aromatic rings. The number of halogens is 1. The molecule has 0 fully saturated rings. The molecule has 1 atom stereocenters. The van der Waals surface area contributed by atoms with Crippen molar-refractivity contribution in [3.63, 3.8) is 0 Å². The predicted molar refractivity (Wildman–Crippen MR) is 63.5 cm³/mol. The van der Waals surface area contributed by atoms with E-state index in [2.05, 4.69) is 6.92 Å². The van der Waals surface area contributed by atoms with E-state index >= 15 is 0 Å². The SMILES string of the molecule is CCCC[C@H](N)c1cc(O)ccc1O.Cl. The maximum atomic E-state index is 9.51. The molecule has 0 radical (unpaired) electrons. The van der Waals surface area contributed by atoms with E-state index < -0.39 is 0 Å². The molecule has 0 heterocycles. The highest BCUT2D eigenvalue weighted by Gasteiger charge is 2.10. The van der Waals surface area contributed by atoms with Crippen molar-refractivity contribution in [2.24, 2.45) is 5.73 Å². The number of unbranched alkanes of at least 4 members (excludes halogenated alkanes) is 1. The van der Waals surface area contributed by atoms with Crippen LogP contribution in [0.1, 0.15) is 37.8 Å². The minimum absolute atomic E-state index is 0. The smallest absolute Gasteiger partial charge is 0.120 e. The first-order chi connectivity index (χ1) is 6.65. The summed E-state index contributed by atoms with van der Waals surface area (Å²) in [5.74, 6) is 0.302. The fourth-order valence-corrected chi connectivity index (χ4v) is 1.42. The van der Waals surface area contributed by atoms with Crippen LogP contribution in [0.4, 0.5) is 0 Å². The maximum Gasteiger partial charge on any atom is 0.120 e. The summed E-state index contributed by atoms with van der Waals surface area (Å²) in [5, 5.41) is 18.8. The highest BCUT2D eigenvalue weighted by atomic mass is 35.5. The van der Waals surface area contributed by atoms with Crippen molar-refractivity contribution in [3.05, 3.63) is 23.8 Å². The highest BCUT2D eigenvalue weighted by Crippen LogP contribution is 2.29. The van der Waals surface area contributed by atoms with Gasteiger partial charge in [-0.3, -0.25) is 0 Å². The van der Waals surface area contributed by atoms with Gasteiger partial charge in [-0.2, -0.15) is 0 Å². The summed E-state index contributed by atoms with van der Waals surface area (Å²) < 4.78 is 0. The average molecular weight is 232 g/mol. The van der Waals surface area contributed by atoms with Crippen molar-refractivity contribution in [3.8, 4) is 11.5 Å². The van der Waals surface area contributed by atoms with Gasteiger partial charge in [-0.25, -0.2) is 0 Å². The number of benzene rings is 1. The summed E-state index contributed by atoms with van der Waals surface area (Å²) in [7, 11) is 0. The summed E-state index contributed by atoms with van der Waals surface area (Å²) in [4.78, 5) is 0. The minimum atomic E-state index is -0.193. The molecular weight excluding hydrogens is 214 g/mol. The molecule has 15 heavy (non-hydrogen) atoms. The molecule has 0 unspecified atom stereocenters. The van der Waals surface area contributed by atoms with Crippen molar-refractivity contribution < 1.29 is 10.2 Å². The van der Waals surface area contributed by atoms with Crippen LogP contribution in [0, 0.1) is 0 Å². The monoisotopic (exact) mass is 231 g/mol. The Hall–Kier alpha value is -0.930. The first-order valence-corrected chi connectivity index (χ1v) is 4.92. The quantitative estimate of drug-likeness (QED) is 0.698. The Bertz CT molecular complexity index is 305. The van der Waals surface area contributed by atoms with Gasteiger partial charge in [-0.15, -0.1) is 12.4 Å². The van der Waals surface area contributed by atoms with E-state index in [4.69, 9.17) is 5.73 Å². The molecule has 0 aliphatic heterocycles. The van der Waals surface area contributed by atoms with E-state index in [9.17, 15) is 10.2 Å². The lowest BCUT2D eigenvalue weighted by atomic mass is 10.0. The molecule has 0 aromatic heterocycles. The number of rotatable bonds is 4. The van der Waals surface area contributed by atoms with Gasteiger partial charge in [0.25, 0.3) is 0 Å².